The van der Waals surface area contributed by atoms with Crippen LogP contribution in [0.5, 0.6) is 5.75 Å². The van der Waals surface area contributed by atoms with E-state index in [0.717, 1.165) is 22.9 Å². The van der Waals surface area contributed by atoms with E-state index in [-0.39, 0.29) is 17.5 Å². The van der Waals surface area contributed by atoms with Crippen molar-refractivity contribution in [2.45, 2.75) is 18.3 Å². The van der Waals surface area contributed by atoms with Crippen LogP contribution in [0.15, 0.2) is 58.7 Å². The smallest absolute Gasteiger partial charge is 0.305 e. The van der Waals surface area contributed by atoms with Crippen molar-refractivity contribution in [1.82, 2.24) is 5.32 Å². The third kappa shape index (κ3) is 5.92. The molecule has 2 N–H and O–H groups in total. The van der Waals surface area contributed by atoms with Crippen LogP contribution in [-0.2, 0) is 16.2 Å². The molecule has 29 heavy (non-hydrogen) atoms. The number of amides is 1. The Hall–Kier alpha value is -3.64. The average molecular weight is 408 g/mol. The first-order valence-corrected chi connectivity index (χ1v) is 9.43. The fourth-order valence-electron chi connectivity index (χ4n) is 2.44. The number of thioether (sulfide) groups is 1. The number of hydrogen-bond donors (Lipinski definition) is 2. The van der Waals surface area contributed by atoms with E-state index in [2.05, 4.69) is 21.6 Å². The Morgan fingerprint density at radius 1 is 1.31 bits per heavy atom. The summed E-state index contributed by atoms with van der Waals surface area (Å²) in [6.07, 6.45) is 1.26. The fraction of sp³-hybridized carbons (Fsp3) is 0.150. The van der Waals surface area contributed by atoms with Crippen molar-refractivity contribution >= 4 is 35.0 Å². The molecule has 1 heterocycles. The first kappa shape index (κ1) is 20.1. The lowest BCUT2D eigenvalue weighted by Crippen LogP contribution is -2.26. The van der Waals surface area contributed by atoms with Gasteiger partial charge in [-0.15, -0.1) is 5.10 Å². The second kappa shape index (κ2) is 9.52. The van der Waals surface area contributed by atoms with Crippen LogP contribution in [0.1, 0.15) is 23.1 Å². The second-order valence-corrected chi connectivity index (χ2v) is 7.20. The summed E-state index contributed by atoms with van der Waals surface area (Å²) in [7, 11) is 0. The number of benzene rings is 2. The summed E-state index contributed by atoms with van der Waals surface area (Å²) in [6.45, 7) is 0.352. The van der Waals surface area contributed by atoms with Crippen LogP contribution in [0.2, 0.25) is 0 Å². The highest BCUT2D eigenvalue weighted by Crippen LogP contribution is 2.22. The molecule has 146 valence electrons. The van der Waals surface area contributed by atoms with Crippen LogP contribution in [0.25, 0.3) is 0 Å². The molecule has 1 fully saturated rings. The first-order valence-electron chi connectivity index (χ1n) is 8.56. The number of nitriles is 1. The molecule has 0 aromatic heterocycles. The summed E-state index contributed by atoms with van der Waals surface area (Å²) in [5.74, 6) is -0.749. The van der Waals surface area contributed by atoms with Gasteiger partial charge in [-0.05, 0) is 47.5 Å². The summed E-state index contributed by atoms with van der Waals surface area (Å²) < 4.78 is 5.71. The highest BCUT2D eigenvalue weighted by molar-refractivity contribution is 8.15. The van der Waals surface area contributed by atoms with Crippen LogP contribution in [0.4, 0.5) is 0 Å². The highest BCUT2D eigenvalue weighted by atomic mass is 32.2. The maximum atomic E-state index is 11.6. The molecule has 0 saturated carbocycles. The van der Waals surface area contributed by atoms with Gasteiger partial charge in [0.2, 0.25) is 5.91 Å². The third-order valence-corrected chi connectivity index (χ3v) is 4.91. The maximum absolute atomic E-state index is 11.6. The van der Waals surface area contributed by atoms with E-state index in [1.54, 1.807) is 36.4 Å². The van der Waals surface area contributed by atoms with Crippen LogP contribution >= 0.6 is 11.8 Å². The van der Waals surface area contributed by atoms with Crippen molar-refractivity contribution in [2.75, 3.05) is 0 Å². The number of ether oxygens (including phenoxy) is 1. The number of rotatable bonds is 7. The van der Waals surface area contributed by atoms with E-state index in [0.29, 0.717) is 17.9 Å². The van der Waals surface area contributed by atoms with Crippen molar-refractivity contribution in [3.05, 3.63) is 65.2 Å². The minimum absolute atomic E-state index is 0.262. The molecule has 1 unspecified atom stereocenters. The van der Waals surface area contributed by atoms with Crippen LogP contribution in [0, 0.1) is 11.3 Å². The van der Waals surface area contributed by atoms with E-state index in [1.165, 1.54) is 6.21 Å². The van der Waals surface area contributed by atoms with Gasteiger partial charge < -0.3 is 15.2 Å². The molecule has 1 amide bonds. The Bertz CT molecular complexity index is 1010. The number of nitrogens with zero attached hydrogens (tertiary/aromatic N) is 3. The van der Waals surface area contributed by atoms with E-state index < -0.39 is 11.2 Å². The van der Waals surface area contributed by atoms with E-state index >= 15 is 0 Å². The quantitative estimate of drug-likeness (QED) is 0.536. The molecular formula is C20H16N4O4S. The Labute approximate surface area is 170 Å². The molecular weight excluding hydrogens is 392 g/mol. The van der Waals surface area contributed by atoms with Crippen molar-refractivity contribution < 1.29 is 19.4 Å². The molecule has 9 heteroatoms. The maximum Gasteiger partial charge on any atom is 0.305 e. The Morgan fingerprint density at radius 3 is 2.83 bits per heavy atom. The number of carbonyl (C=O) groups is 2. The standard InChI is InChI=1S/C20H16N4O4S/c21-10-14-2-1-3-15(8-14)12-28-16-6-4-13(5-7-16)11-22-24-20-23-19(27)17(29-20)9-18(25)26/h1-8,11,17H,9,12H2,(H,25,26)(H,23,24,27). The van der Waals surface area contributed by atoms with Crippen LogP contribution in [-0.4, -0.2) is 33.6 Å². The summed E-state index contributed by atoms with van der Waals surface area (Å²) >= 11 is 1.05. The molecule has 0 radical (unpaired) electrons. The van der Waals surface area contributed by atoms with E-state index in [9.17, 15) is 9.59 Å². The number of amidine groups is 1. The number of carbonyl (C=O) groups excluding carboxylic acids is 1. The molecule has 1 aliphatic heterocycles. The normalized spacial score (nSPS) is 17.3. The van der Waals surface area contributed by atoms with Gasteiger partial charge in [0.1, 0.15) is 17.6 Å². The molecule has 0 bridgehead atoms. The van der Waals surface area contributed by atoms with Gasteiger partial charge in [0.05, 0.1) is 24.3 Å². The zero-order valence-corrected chi connectivity index (χ0v) is 15.9. The van der Waals surface area contributed by atoms with E-state index in [4.69, 9.17) is 15.1 Å². The van der Waals surface area contributed by atoms with Crippen molar-refractivity contribution in [3.8, 4) is 11.8 Å². The molecule has 2 aromatic carbocycles. The molecule has 2 aromatic rings. The largest absolute Gasteiger partial charge is 0.489 e. The number of carboxylic acid groups (broad SMARTS) is 1. The Morgan fingerprint density at radius 2 is 2.10 bits per heavy atom. The summed E-state index contributed by atoms with van der Waals surface area (Å²) in [6, 6.07) is 16.5. The number of hydrogen-bond acceptors (Lipinski definition) is 7. The van der Waals surface area contributed by atoms with Gasteiger partial charge in [0.15, 0.2) is 5.17 Å². The zero-order chi connectivity index (χ0) is 20.6. The lowest BCUT2D eigenvalue weighted by Gasteiger charge is -2.06. The SMILES string of the molecule is N#Cc1cccc(COc2ccc(C=NN=C3NC(=O)C(CC(=O)O)S3)cc2)c1. The minimum atomic E-state index is -1.04. The molecule has 1 aliphatic rings. The highest BCUT2D eigenvalue weighted by Gasteiger charge is 2.32. The van der Waals surface area contributed by atoms with Gasteiger partial charge in [0.25, 0.3) is 0 Å². The minimum Gasteiger partial charge on any atom is -0.489 e. The summed E-state index contributed by atoms with van der Waals surface area (Å²) in [5, 5.41) is 27.6. The summed E-state index contributed by atoms with van der Waals surface area (Å²) in [5.41, 5.74) is 2.28. The fourth-order valence-corrected chi connectivity index (χ4v) is 3.36. The van der Waals surface area contributed by atoms with Gasteiger partial charge in [-0.2, -0.15) is 10.4 Å². The lowest BCUT2D eigenvalue weighted by atomic mass is 10.1. The van der Waals surface area contributed by atoms with Gasteiger partial charge in [-0.3, -0.25) is 9.59 Å². The van der Waals surface area contributed by atoms with Crippen LogP contribution < -0.4 is 10.1 Å². The molecule has 0 spiro atoms. The molecule has 1 saturated heterocycles. The Kier molecular flexibility index (Phi) is 6.60. The number of nitrogens with one attached hydrogen (secondary N) is 1. The summed E-state index contributed by atoms with van der Waals surface area (Å²) in [4.78, 5) is 22.3. The third-order valence-electron chi connectivity index (χ3n) is 3.83. The van der Waals surface area contributed by atoms with Gasteiger partial charge in [-0.1, -0.05) is 23.9 Å². The monoisotopic (exact) mass is 408 g/mol. The number of aliphatic carboxylic acids is 1. The average Bonchev–Trinajstić information content (AvgIpc) is 3.06. The molecule has 3 rings (SSSR count). The van der Waals surface area contributed by atoms with Crippen molar-refractivity contribution in [2.24, 2.45) is 10.2 Å². The first-order chi connectivity index (χ1) is 14.0. The Balaban J connectivity index is 1.53. The second-order valence-electron chi connectivity index (χ2n) is 6.01. The zero-order valence-electron chi connectivity index (χ0n) is 15.1. The van der Waals surface area contributed by atoms with Gasteiger partial charge in [0, 0.05) is 0 Å². The predicted octanol–water partition coefficient (Wildman–Crippen LogP) is 2.53. The van der Waals surface area contributed by atoms with Crippen molar-refractivity contribution in [3.63, 3.8) is 0 Å². The van der Waals surface area contributed by atoms with Gasteiger partial charge >= 0.3 is 5.97 Å². The van der Waals surface area contributed by atoms with Crippen molar-refractivity contribution in [1.29, 1.82) is 5.26 Å². The predicted molar refractivity (Wildman–Crippen MR) is 109 cm³/mol. The topological polar surface area (TPSA) is 124 Å². The lowest BCUT2D eigenvalue weighted by molar-refractivity contribution is -0.138. The van der Waals surface area contributed by atoms with Crippen LogP contribution in [0.3, 0.4) is 0 Å². The van der Waals surface area contributed by atoms with Gasteiger partial charge in [-0.25, -0.2) is 0 Å². The molecule has 1 atom stereocenters. The van der Waals surface area contributed by atoms with E-state index in [1.807, 2.05) is 12.1 Å². The molecule has 0 aliphatic carbocycles. The number of carboxylic acids is 1. The molecule has 8 nitrogen and oxygen atoms in total.